The van der Waals surface area contributed by atoms with Gasteiger partial charge in [-0.1, -0.05) is 19.1 Å². The van der Waals surface area contributed by atoms with Gasteiger partial charge in [-0.2, -0.15) is 10.4 Å². The highest BCUT2D eigenvalue weighted by atomic mass is 16.5. The molecule has 216 valence electrons. The van der Waals surface area contributed by atoms with Crippen LogP contribution in [0.3, 0.4) is 0 Å². The summed E-state index contributed by atoms with van der Waals surface area (Å²) in [4.78, 5) is 14.4. The van der Waals surface area contributed by atoms with E-state index in [1.807, 2.05) is 25.4 Å². The van der Waals surface area contributed by atoms with Gasteiger partial charge in [0.2, 0.25) is 0 Å². The standard InChI is InChI=1S/C33H37N7O2/c1-5-23-11-22(7-9-30(23)35-6-2)17-39-26-12-27(39)19-38(18-26)31-10-8-24(15-36-31)29-13-28(42-21-33(3,4)41)20-40-32(29)25(14-34)16-37-40/h6-11,13,15-16,20,26-27,41H,5,12,17-19,21H2,1-4H3. The van der Waals surface area contributed by atoms with Crippen LogP contribution in [0.25, 0.3) is 16.6 Å². The maximum Gasteiger partial charge on any atom is 0.138 e. The first-order chi connectivity index (χ1) is 20.3. The second-order valence-electron chi connectivity index (χ2n) is 11.9. The monoisotopic (exact) mass is 563 g/mol. The van der Waals surface area contributed by atoms with Crippen LogP contribution in [0, 0.1) is 11.3 Å². The number of aliphatic imine (C=N–C) groups is 1. The Hall–Kier alpha value is -4.26. The van der Waals surface area contributed by atoms with Crippen molar-refractivity contribution in [1.82, 2.24) is 19.5 Å². The van der Waals surface area contributed by atoms with E-state index in [1.54, 1.807) is 30.8 Å². The number of piperazine rings is 1. The summed E-state index contributed by atoms with van der Waals surface area (Å²) in [6, 6.07) is 15.9. The molecule has 0 aliphatic carbocycles. The van der Waals surface area contributed by atoms with Gasteiger partial charge < -0.3 is 14.7 Å². The summed E-state index contributed by atoms with van der Waals surface area (Å²) in [5.41, 5.74) is 5.62. The summed E-state index contributed by atoms with van der Waals surface area (Å²) in [7, 11) is 0. The van der Waals surface area contributed by atoms with Crippen molar-refractivity contribution in [3.05, 3.63) is 71.7 Å². The van der Waals surface area contributed by atoms with Crippen LogP contribution in [0.2, 0.25) is 0 Å². The van der Waals surface area contributed by atoms with Crippen LogP contribution in [0.5, 0.6) is 5.75 Å². The molecule has 0 spiro atoms. The van der Waals surface area contributed by atoms with Crippen LogP contribution in [0.1, 0.15) is 50.8 Å². The molecule has 9 nitrogen and oxygen atoms in total. The summed E-state index contributed by atoms with van der Waals surface area (Å²) in [5, 5.41) is 24.2. The molecule has 3 aliphatic rings. The van der Waals surface area contributed by atoms with E-state index in [2.05, 4.69) is 63.2 Å². The quantitative estimate of drug-likeness (QED) is 0.281. The van der Waals surface area contributed by atoms with E-state index in [9.17, 15) is 10.4 Å². The van der Waals surface area contributed by atoms with Gasteiger partial charge in [0, 0.05) is 55.3 Å². The van der Waals surface area contributed by atoms with E-state index in [4.69, 9.17) is 9.72 Å². The minimum Gasteiger partial charge on any atom is -0.489 e. The average Bonchev–Trinajstić information content (AvgIpc) is 3.42. The van der Waals surface area contributed by atoms with Crippen molar-refractivity contribution in [1.29, 1.82) is 5.26 Å². The maximum absolute atomic E-state index is 10.1. The number of ether oxygens (including phenoxy) is 1. The maximum atomic E-state index is 10.1. The van der Waals surface area contributed by atoms with Gasteiger partial charge in [0.15, 0.2) is 0 Å². The number of pyridine rings is 2. The zero-order valence-electron chi connectivity index (χ0n) is 24.7. The second-order valence-corrected chi connectivity index (χ2v) is 11.9. The number of aliphatic hydroxyl groups is 1. The van der Waals surface area contributed by atoms with Gasteiger partial charge in [-0.25, -0.2) is 9.50 Å². The SMILES string of the molecule is CC=Nc1ccc(CN2C3CC2CN(c2ccc(-c4cc(OCC(C)(C)O)cn5ncc(C#N)c45)cn2)C3)cc1CC. The van der Waals surface area contributed by atoms with Crippen LogP contribution in [0.4, 0.5) is 11.5 Å². The van der Waals surface area contributed by atoms with Crippen LogP contribution >= 0.6 is 0 Å². The highest BCUT2D eigenvalue weighted by molar-refractivity contribution is 5.85. The third-order valence-electron chi connectivity index (χ3n) is 8.18. The van der Waals surface area contributed by atoms with Crippen molar-refractivity contribution in [2.45, 2.75) is 64.8 Å². The Kier molecular flexibility index (Phi) is 7.43. The molecular weight excluding hydrogens is 526 g/mol. The summed E-state index contributed by atoms with van der Waals surface area (Å²) in [6.45, 7) is 10.5. The van der Waals surface area contributed by atoms with Gasteiger partial charge in [0.05, 0.1) is 34.8 Å². The van der Waals surface area contributed by atoms with E-state index in [-0.39, 0.29) is 6.61 Å². The molecule has 1 N–H and O–H groups in total. The zero-order chi connectivity index (χ0) is 29.4. The highest BCUT2D eigenvalue weighted by Crippen LogP contribution is 2.37. The first-order valence-electron chi connectivity index (χ1n) is 14.6. The lowest BCUT2D eigenvalue weighted by atomic mass is 9.86. The van der Waals surface area contributed by atoms with Crippen LogP contribution in [-0.2, 0) is 13.0 Å². The topological polar surface area (TPSA) is 102 Å². The molecule has 4 aromatic rings. The number of benzene rings is 1. The number of piperidine rings is 1. The van der Waals surface area contributed by atoms with Gasteiger partial charge in [0.1, 0.15) is 24.2 Å². The molecule has 2 unspecified atom stereocenters. The third-order valence-corrected chi connectivity index (χ3v) is 8.18. The first-order valence-corrected chi connectivity index (χ1v) is 14.6. The number of anilines is 1. The van der Waals surface area contributed by atoms with Crippen molar-refractivity contribution < 1.29 is 9.84 Å². The lowest BCUT2D eigenvalue weighted by molar-refractivity contribution is -0.00869. The number of aryl methyl sites for hydroxylation is 1. The zero-order valence-corrected chi connectivity index (χ0v) is 24.7. The fourth-order valence-electron chi connectivity index (χ4n) is 6.10. The van der Waals surface area contributed by atoms with E-state index in [1.165, 1.54) is 17.5 Å². The number of nitrogens with zero attached hydrogens (tertiary/aromatic N) is 7. The Morgan fingerprint density at radius 3 is 2.64 bits per heavy atom. The lowest BCUT2D eigenvalue weighted by Crippen LogP contribution is -2.68. The third kappa shape index (κ3) is 5.48. The Morgan fingerprint density at radius 2 is 1.98 bits per heavy atom. The predicted molar refractivity (Wildman–Crippen MR) is 165 cm³/mol. The lowest BCUT2D eigenvalue weighted by Gasteiger charge is -2.56. The molecule has 6 heterocycles. The van der Waals surface area contributed by atoms with Gasteiger partial charge >= 0.3 is 0 Å². The van der Waals surface area contributed by atoms with Gasteiger partial charge in [-0.15, -0.1) is 0 Å². The molecule has 2 bridgehead atoms. The minimum atomic E-state index is -0.974. The average molecular weight is 564 g/mol. The Morgan fingerprint density at radius 1 is 1.17 bits per heavy atom. The van der Waals surface area contributed by atoms with Gasteiger partial charge in [0.25, 0.3) is 0 Å². The molecule has 3 aliphatic heterocycles. The molecule has 0 saturated carbocycles. The number of nitriles is 1. The Balaban J connectivity index is 1.18. The molecular formula is C33H37N7O2. The fourth-order valence-corrected chi connectivity index (χ4v) is 6.10. The summed E-state index contributed by atoms with van der Waals surface area (Å²) in [5.74, 6) is 1.52. The van der Waals surface area contributed by atoms with Crippen LogP contribution < -0.4 is 9.64 Å². The van der Waals surface area contributed by atoms with E-state index >= 15 is 0 Å². The number of aromatic nitrogens is 3. The Labute approximate surface area is 246 Å². The Bertz CT molecular complexity index is 1650. The van der Waals surface area contributed by atoms with E-state index in [0.29, 0.717) is 28.9 Å². The van der Waals surface area contributed by atoms with E-state index < -0.39 is 5.60 Å². The molecule has 0 radical (unpaired) electrons. The van der Waals surface area contributed by atoms with Gasteiger partial charge in [-0.3, -0.25) is 9.89 Å². The molecule has 3 fully saturated rings. The van der Waals surface area contributed by atoms with Gasteiger partial charge in [-0.05, 0) is 69.0 Å². The smallest absolute Gasteiger partial charge is 0.138 e. The van der Waals surface area contributed by atoms with Crippen molar-refractivity contribution in [2.24, 2.45) is 4.99 Å². The van der Waals surface area contributed by atoms with Crippen molar-refractivity contribution in [3.8, 4) is 22.9 Å². The molecule has 3 aromatic heterocycles. The van der Waals surface area contributed by atoms with Crippen molar-refractivity contribution in [3.63, 3.8) is 0 Å². The molecule has 9 heteroatoms. The van der Waals surface area contributed by atoms with Crippen molar-refractivity contribution in [2.75, 3.05) is 24.6 Å². The summed E-state index contributed by atoms with van der Waals surface area (Å²) >= 11 is 0. The number of hydrogen-bond acceptors (Lipinski definition) is 8. The molecule has 7 rings (SSSR count). The molecule has 0 amide bonds. The van der Waals surface area contributed by atoms with E-state index in [0.717, 1.165) is 48.7 Å². The highest BCUT2D eigenvalue weighted by Gasteiger charge is 2.44. The number of fused-ring (bicyclic) bond motifs is 3. The first kappa shape index (κ1) is 27.9. The predicted octanol–water partition coefficient (Wildman–Crippen LogP) is 5.17. The normalized spacial score (nSPS) is 18.8. The molecule has 1 aromatic carbocycles. The molecule has 3 saturated heterocycles. The van der Waals surface area contributed by atoms with Crippen molar-refractivity contribution >= 4 is 23.2 Å². The summed E-state index contributed by atoms with van der Waals surface area (Å²) in [6.07, 6.45) is 9.21. The molecule has 42 heavy (non-hydrogen) atoms. The molecule has 2 atom stereocenters. The number of hydrogen-bond donors (Lipinski definition) is 1. The number of rotatable bonds is 9. The fraction of sp³-hybridized carbons (Fsp3) is 0.394. The summed E-state index contributed by atoms with van der Waals surface area (Å²) < 4.78 is 7.52. The minimum absolute atomic E-state index is 0.133. The largest absolute Gasteiger partial charge is 0.489 e. The van der Waals surface area contributed by atoms with Crippen LogP contribution in [0.15, 0.2) is 60.0 Å². The second kappa shape index (κ2) is 11.2. The van der Waals surface area contributed by atoms with Crippen LogP contribution in [-0.4, -0.2) is 68.2 Å².